The molecular weight excluding hydrogens is 356 g/mol. The van der Waals surface area contributed by atoms with Crippen molar-refractivity contribution >= 4 is 11.8 Å². The van der Waals surface area contributed by atoms with E-state index in [1.165, 1.54) is 0 Å². The van der Waals surface area contributed by atoms with Gasteiger partial charge in [-0.05, 0) is 24.6 Å². The third-order valence-corrected chi connectivity index (χ3v) is 6.12. The number of carbonyl (C=O) groups excluding carboxylic acids is 2. The molecule has 0 saturated carbocycles. The Balaban J connectivity index is 1.38. The summed E-state index contributed by atoms with van der Waals surface area (Å²) in [4.78, 5) is 28.1. The maximum absolute atomic E-state index is 13.3. The lowest BCUT2D eigenvalue weighted by atomic mass is 9.72. The van der Waals surface area contributed by atoms with Gasteiger partial charge in [0.05, 0.1) is 36.8 Å². The summed E-state index contributed by atoms with van der Waals surface area (Å²) in [5, 5.41) is 2.91. The van der Waals surface area contributed by atoms with E-state index < -0.39 is 23.0 Å². The lowest BCUT2D eigenvalue weighted by Gasteiger charge is -2.29. The van der Waals surface area contributed by atoms with E-state index in [4.69, 9.17) is 9.15 Å². The molecule has 1 aromatic heterocycles. The zero-order valence-electron chi connectivity index (χ0n) is 15.6. The Morgan fingerprint density at radius 1 is 1.21 bits per heavy atom. The van der Waals surface area contributed by atoms with Gasteiger partial charge in [-0.25, -0.2) is 0 Å². The Kier molecular flexibility index (Phi) is 3.74. The number of amides is 2. The van der Waals surface area contributed by atoms with Gasteiger partial charge in [-0.1, -0.05) is 42.5 Å². The van der Waals surface area contributed by atoms with Crippen molar-refractivity contribution in [3.63, 3.8) is 0 Å². The van der Waals surface area contributed by atoms with E-state index in [-0.39, 0.29) is 11.8 Å². The smallest absolute Gasteiger partial charge is 0.230 e. The van der Waals surface area contributed by atoms with Gasteiger partial charge in [0.1, 0.15) is 11.4 Å². The van der Waals surface area contributed by atoms with E-state index in [2.05, 4.69) is 5.32 Å². The Hall–Kier alpha value is -2.86. The second kappa shape index (κ2) is 6.07. The SMILES string of the molecule is C[C@@]12C=CC3(CN(Cc4ccccc4)C(=O)[C@H]3C1C(=O)NCc1ccco1)O2. The molecule has 2 saturated heterocycles. The van der Waals surface area contributed by atoms with Crippen molar-refractivity contribution in [2.75, 3.05) is 6.54 Å². The van der Waals surface area contributed by atoms with Gasteiger partial charge in [0.25, 0.3) is 0 Å². The quantitative estimate of drug-likeness (QED) is 0.811. The van der Waals surface area contributed by atoms with E-state index >= 15 is 0 Å². The van der Waals surface area contributed by atoms with Crippen LogP contribution < -0.4 is 5.32 Å². The minimum atomic E-state index is -0.758. The van der Waals surface area contributed by atoms with Crippen molar-refractivity contribution in [1.29, 1.82) is 0 Å². The van der Waals surface area contributed by atoms with E-state index in [9.17, 15) is 9.59 Å². The molecule has 2 fully saturated rings. The van der Waals surface area contributed by atoms with E-state index in [1.807, 2.05) is 60.4 Å². The van der Waals surface area contributed by atoms with Crippen molar-refractivity contribution in [2.24, 2.45) is 11.8 Å². The standard InChI is InChI=1S/C22H22N2O4/c1-21-9-10-22(28-21)14-24(13-15-6-3-2-4-7-15)20(26)18(22)17(21)19(25)23-12-16-8-5-11-27-16/h2-11,17-18H,12-14H2,1H3,(H,23,25)/t17?,18-,21-,22?/m1/s1. The highest BCUT2D eigenvalue weighted by Crippen LogP contribution is 2.57. The van der Waals surface area contributed by atoms with E-state index in [0.29, 0.717) is 25.4 Å². The first-order chi connectivity index (χ1) is 13.5. The van der Waals surface area contributed by atoms with Crippen LogP contribution in [0.1, 0.15) is 18.2 Å². The molecule has 4 atom stereocenters. The Morgan fingerprint density at radius 3 is 2.79 bits per heavy atom. The van der Waals surface area contributed by atoms with Crippen LogP contribution >= 0.6 is 0 Å². The maximum atomic E-state index is 13.3. The first-order valence-electron chi connectivity index (χ1n) is 9.54. The van der Waals surface area contributed by atoms with Gasteiger partial charge in [-0.15, -0.1) is 0 Å². The molecule has 3 aliphatic heterocycles. The predicted octanol–water partition coefficient (Wildman–Crippen LogP) is 2.27. The molecule has 0 aliphatic carbocycles. The monoisotopic (exact) mass is 378 g/mol. The molecule has 2 bridgehead atoms. The zero-order valence-corrected chi connectivity index (χ0v) is 15.6. The first-order valence-corrected chi connectivity index (χ1v) is 9.54. The molecule has 4 heterocycles. The predicted molar refractivity (Wildman–Crippen MR) is 101 cm³/mol. The largest absolute Gasteiger partial charge is 0.467 e. The summed E-state index contributed by atoms with van der Waals surface area (Å²) < 4.78 is 11.6. The van der Waals surface area contributed by atoms with Crippen LogP contribution in [0.2, 0.25) is 0 Å². The van der Waals surface area contributed by atoms with Gasteiger partial charge in [-0.3, -0.25) is 9.59 Å². The Morgan fingerprint density at radius 2 is 2.04 bits per heavy atom. The van der Waals surface area contributed by atoms with Crippen LogP contribution in [0, 0.1) is 11.8 Å². The summed E-state index contributed by atoms with van der Waals surface area (Å²) in [6, 6.07) is 13.5. The molecule has 6 heteroatoms. The molecule has 28 heavy (non-hydrogen) atoms. The number of likely N-dealkylation sites (tertiary alicyclic amines) is 1. The number of carbonyl (C=O) groups is 2. The number of ether oxygens (including phenoxy) is 1. The number of fused-ring (bicyclic) bond motifs is 1. The molecule has 144 valence electrons. The minimum absolute atomic E-state index is 0.0184. The molecule has 2 aromatic rings. The molecule has 0 radical (unpaired) electrons. The van der Waals surface area contributed by atoms with Gasteiger partial charge in [0, 0.05) is 6.54 Å². The van der Waals surface area contributed by atoms with Gasteiger partial charge in [0.2, 0.25) is 11.8 Å². The van der Waals surface area contributed by atoms with Crippen LogP contribution in [0.25, 0.3) is 0 Å². The number of hydrogen-bond acceptors (Lipinski definition) is 4. The highest BCUT2D eigenvalue weighted by atomic mass is 16.5. The van der Waals surface area contributed by atoms with Gasteiger partial charge < -0.3 is 19.4 Å². The zero-order chi connectivity index (χ0) is 19.4. The summed E-state index contributed by atoms with van der Waals surface area (Å²) in [7, 11) is 0. The first kappa shape index (κ1) is 17.3. The number of rotatable bonds is 5. The number of furan rings is 1. The van der Waals surface area contributed by atoms with Gasteiger partial charge in [-0.2, -0.15) is 0 Å². The number of nitrogens with zero attached hydrogens (tertiary/aromatic N) is 1. The highest BCUT2D eigenvalue weighted by Gasteiger charge is 2.71. The fraction of sp³-hybridized carbons (Fsp3) is 0.364. The normalized spacial score (nSPS) is 32.8. The molecule has 1 N–H and O–H groups in total. The third kappa shape index (κ3) is 2.52. The maximum Gasteiger partial charge on any atom is 0.230 e. The molecule has 6 nitrogen and oxygen atoms in total. The van der Waals surface area contributed by atoms with E-state index in [0.717, 1.165) is 5.56 Å². The molecule has 3 aliphatic rings. The molecule has 5 rings (SSSR count). The van der Waals surface area contributed by atoms with Crippen molar-refractivity contribution < 1.29 is 18.7 Å². The van der Waals surface area contributed by atoms with Crippen LogP contribution in [-0.2, 0) is 27.4 Å². The summed E-state index contributed by atoms with van der Waals surface area (Å²) >= 11 is 0. The Labute approximate surface area is 163 Å². The van der Waals surface area contributed by atoms with E-state index in [1.54, 1.807) is 12.3 Å². The lowest BCUT2D eigenvalue weighted by molar-refractivity contribution is -0.139. The second-order valence-electron chi connectivity index (χ2n) is 8.01. The average Bonchev–Trinajstić information content (AvgIpc) is 3.42. The summed E-state index contributed by atoms with van der Waals surface area (Å²) in [6.07, 6.45) is 5.50. The van der Waals surface area contributed by atoms with Crippen molar-refractivity contribution in [1.82, 2.24) is 10.2 Å². The molecule has 1 aromatic carbocycles. The van der Waals surface area contributed by atoms with Gasteiger partial charge in [0.15, 0.2) is 0 Å². The number of nitrogens with one attached hydrogen (secondary N) is 1. The lowest BCUT2D eigenvalue weighted by Crippen LogP contribution is -2.47. The molecular formula is C22H22N2O4. The summed E-state index contributed by atoms with van der Waals surface area (Å²) in [5.74, 6) is -0.569. The topological polar surface area (TPSA) is 71.8 Å². The fourth-order valence-corrected chi connectivity index (χ4v) is 4.89. The van der Waals surface area contributed by atoms with Crippen molar-refractivity contribution in [3.05, 3.63) is 72.2 Å². The van der Waals surface area contributed by atoms with Gasteiger partial charge >= 0.3 is 0 Å². The number of benzene rings is 1. The van der Waals surface area contributed by atoms with Crippen LogP contribution in [0.15, 0.2) is 65.3 Å². The summed E-state index contributed by atoms with van der Waals surface area (Å²) in [6.45, 7) is 3.18. The molecule has 2 amide bonds. The van der Waals surface area contributed by atoms with Crippen molar-refractivity contribution in [2.45, 2.75) is 31.2 Å². The second-order valence-corrected chi connectivity index (χ2v) is 8.01. The third-order valence-electron chi connectivity index (χ3n) is 6.12. The summed E-state index contributed by atoms with van der Waals surface area (Å²) in [5.41, 5.74) is -0.407. The van der Waals surface area contributed by atoms with Crippen LogP contribution in [-0.4, -0.2) is 34.5 Å². The molecule has 1 spiro atoms. The average molecular weight is 378 g/mol. The fourth-order valence-electron chi connectivity index (χ4n) is 4.89. The number of hydrogen-bond donors (Lipinski definition) is 1. The van der Waals surface area contributed by atoms with Crippen molar-refractivity contribution in [3.8, 4) is 0 Å². The van der Waals surface area contributed by atoms with Crippen LogP contribution in [0.3, 0.4) is 0 Å². The molecule has 2 unspecified atom stereocenters. The van der Waals surface area contributed by atoms with Crippen LogP contribution in [0.4, 0.5) is 0 Å². The Bertz CT molecular complexity index is 939. The highest BCUT2D eigenvalue weighted by molar-refractivity contribution is 5.93. The minimum Gasteiger partial charge on any atom is -0.467 e. The van der Waals surface area contributed by atoms with Crippen LogP contribution in [0.5, 0.6) is 0 Å².